The van der Waals surface area contributed by atoms with E-state index in [9.17, 15) is 9.59 Å². The monoisotopic (exact) mass is 428 g/mol. The highest BCUT2D eigenvalue weighted by molar-refractivity contribution is 7.15. The molecular weight excluding hydrogens is 400 g/mol. The van der Waals surface area contributed by atoms with Crippen LogP contribution in [0.3, 0.4) is 0 Å². The first-order valence-corrected chi connectivity index (χ1v) is 11.4. The van der Waals surface area contributed by atoms with E-state index in [1.165, 1.54) is 17.8 Å². The molecule has 2 aliphatic rings. The molecule has 3 heterocycles. The number of ether oxygens (including phenoxy) is 1. The van der Waals surface area contributed by atoms with Gasteiger partial charge in [-0.3, -0.25) is 9.59 Å². The number of likely N-dealkylation sites (tertiary alicyclic amines) is 1. The van der Waals surface area contributed by atoms with Crippen LogP contribution in [0.25, 0.3) is 0 Å². The number of carbonyl (C=O) groups is 2. The minimum Gasteiger partial charge on any atom is -0.477 e. The van der Waals surface area contributed by atoms with Gasteiger partial charge in [-0.1, -0.05) is 19.1 Å². The molecule has 160 valence electrons. The fraction of sp³-hybridized carbons (Fsp3) is 0.500. The number of aromatic nitrogens is 1. The van der Waals surface area contributed by atoms with Crippen LogP contribution in [-0.4, -0.2) is 54.0 Å². The summed E-state index contributed by atoms with van der Waals surface area (Å²) in [6.07, 6.45) is 3.48. The molecular formula is C22H28N4O3S. The van der Waals surface area contributed by atoms with Gasteiger partial charge >= 0.3 is 0 Å². The van der Waals surface area contributed by atoms with E-state index in [1.807, 2.05) is 41.0 Å². The molecule has 1 aromatic carbocycles. The van der Waals surface area contributed by atoms with Gasteiger partial charge in [-0.15, -0.1) is 11.3 Å². The standard InChI is InChI=1S/C22H28N4O3S/c1-3-16-15(2)30-22(23-16)24-20(27)14-26-13-19(21(28)25-11-7-4-8-12-25)29-18-10-6-5-9-17(18)26/h5-6,9-10,19H,3-4,7-8,11-14H2,1-2H3,(H,23,24,27). The van der Waals surface area contributed by atoms with Gasteiger partial charge in [-0.05, 0) is 44.7 Å². The number of rotatable bonds is 5. The average molecular weight is 429 g/mol. The molecule has 2 aliphatic heterocycles. The van der Waals surface area contributed by atoms with E-state index in [-0.39, 0.29) is 18.4 Å². The van der Waals surface area contributed by atoms with E-state index in [1.54, 1.807) is 0 Å². The van der Waals surface area contributed by atoms with Crippen LogP contribution >= 0.6 is 11.3 Å². The molecule has 0 saturated carbocycles. The molecule has 1 N–H and O–H groups in total. The number of fused-ring (bicyclic) bond motifs is 1. The van der Waals surface area contributed by atoms with Crippen LogP contribution in [0.4, 0.5) is 10.8 Å². The number of para-hydroxylation sites is 2. The molecule has 0 bridgehead atoms. The molecule has 2 amide bonds. The van der Waals surface area contributed by atoms with Gasteiger partial charge in [0, 0.05) is 18.0 Å². The smallest absolute Gasteiger partial charge is 0.265 e. The summed E-state index contributed by atoms with van der Waals surface area (Å²) in [4.78, 5) is 35.2. The summed E-state index contributed by atoms with van der Waals surface area (Å²) in [5, 5.41) is 3.54. The molecule has 0 radical (unpaired) electrons. The fourth-order valence-electron chi connectivity index (χ4n) is 4.04. The molecule has 0 spiro atoms. The van der Waals surface area contributed by atoms with Gasteiger partial charge in [0.2, 0.25) is 5.91 Å². The minimum atomic E-state index is -0.598. The van der Waals surface area contributed by atoms with Crippen LogP contribution in [-0.2, 0) is 16.0 Å². The van der Waals surface area contributed by atoms with Crippen molar-refractivity contribution in [2.75, 3.05) is 36.4 Å². The largest absolute Gasteiger partial charge is 0.477 e. The Balaban J connectivity index is 1.47. The highest BCUT2D eigenvalue weighted by Gasteiger charge is 2.34. The van der Waals surface area contributed by atoms with E-state index in [4.69, 9.17) is 4.74 Å². The number of hydrogen-bond donors (Lipinski definition) is 1. The molecule has 1 fully saturated rings. The summed E-state index contributed by atoms with van der Waals surface area (Å²) in [6.45, 7) is 6.13. The van der Waals surface area contributed by atoms with Crippen molar-refractivity contribution in [2.24, 2.45) is 0 Å². The number of hydrogen-bond acceptors (Lipinski definition) is 6. The van der Waals surface area contributed by atoms with Gasteiger partial charge < -0.3 is 19.9 Å². The number of nitrogens with one attached hydrogen (secondary N) is 1. The third kappa shape index (κ3) is 4.43. The first kappa shape index (κ1) is 20.7. The van der Waals surface area contributed by atoms with Gasteiger partial charge in [-0.2, -0.15) is 0 Å². The lowest BCUT2D eigenvalue weighted by Gasteiger charge is -2.38. The minimum absolute atomic E-state index is 0.0118. The highest BCUT2D eigenvalue weighted by Crippen LogP contribution is 2.33. The fourth-order valence-corrected chi connectivity index (χ4v) is 4.96. The molecule has 1 atom stereocenters. The SMILES string of the molecule is CCc1nc(NC(=O)CN2CC(C(=O)N3CCCCC3)Oc3ccccc32)sc1C. The van der Waals surface area contributed by atoms with Crippen LogP contribution in [0.5, 0.6) is 5.75 Å². The van der Waals surface area contributed by atoms with Crippen molar-refractivity contribution in [3.05, 3.63) is 34.8 Å². The van der Waals surface area contributed by atoms with E-state index in [2.05, 4.69) is 17.2 Å². The van der Waals surface area contributed by atoms with E-state index in [0.29, 0.717) is 17.4 Å². The van der Waals surface area contributed by atoms with Gasteiger partial charge in [0.25, 0.3) is 5.91 Å². The first-order chi connectivity index (χ1) is 14.5. The summed E-state index contributed by atoms with van der Waals surface area (Å²) in [6, 6.07) is 7.58. The maximum absolute atomic E-state index is 13.0. The number of amides is 2. The summed E-state index contributed by atoms with van der Waals surface area (Å²) < 4.78 is 6.04. The predicted molar refractivity (Wildman–Crippen MR) is 118 cm³/mol. The highest BCUT2D eigenvalue weighted by atomic mass is 32.1. The Labute approximate surface area is 181 Å². The lowest BCUT2D eigenvalue weighted by molar-refractivity contribution is -0.139. The van der Waals surface area contributed by atoms with Crippen LogP contribution in [0.15, 0.2) is 24.3 Å². The zero-order valence-corrected chi connectivity index (χ0v) is 18.3. The van der Waals surface area contributed by atoms with E-state index in [0.717, 1.165) is 48.6 Å². The average Bonchev–Trinajstić information content (AvgIpc) is 3.12. The molecule has 30 heavy (non-hydrogen) atoms. The molecule has 7 nitrogen and oxygen atoms in total. The van der Waals surface area contributed by atoms with Crippen molar-refractivity contribution >= 4 is 34.0 Å². The Hall–Kier alpha value is -2.61. The second kappa shape index (κ2) is 9.04. The van der Waals surface area contributed by atoms with Crippen molar-refractivity contribution in [1.29, 1.82) is 0 Å². The molecule has 0 aliphatic carbocycles. The molecule has 2 aromatic rings. The van der Waals surface area contributed by atoms with Gasteiger partial charge in [0.1, 0.15) is 5.75 Å². The molecule has 4 rings (SSSR count). The van der Waals surface area contributed by atoms with Crippen molar-refractivity contribution in [3.8, 4) is 5.75 Å². The number of nitrogens with zero attached hydrogens (tertiary/aromatic N) is 3. The maximum Gasteiger partial charge on any atom is 0.265 e. The lowest BCUT2D eigenvalue weighted by Crippen LogP contribution is -2.52. The van der Waals surface area contributed by atoms with Gasteiger partial charge in [0.15, 0.2) is 11.2 Å². The van der Waals surface area contributed by atoms with Crippen LogP contribution in [0.2, 0.25) is 0 Å². The normalized spacial score (nSPS) is 18.5. The Morgan fingerprint density at radius 2 is 2.00 bits per heavy atom. The molecule has 1 unspecified atom stereocenters. The number of piperidine rings is 1. The maximum atomic E-state index is 13.0. The summed E-state index contributed by atoms with van der Waals surface area (Å²) in [5.41, 5.74) is 1.85. The Morgan fingerprint density at radius 3 is 2.73 bits per heavy atom. The van der Waals surface area contributed by atoms with Crippen LogP contribution in [0.1, 0.15) is 36.8 Å². The predicted octanol–water partition coefficient (Wildman–Crippen LogP) is 3.23. The number of benzene rings is 1. The molecule has 1 aromatic heterocycles. The lowest BCUT2D eigenvalue weighted by atomic mass is 10.1. The quantitative estimate of drug-likeness (QED) is 0.791. The van der Waals surface area contributed by atoms with Crippen LogP contribution in [0, 0.1) is 6.92 Å². The Bertz CT molecular complexity index is 923. The van der Waals surface area contributed by atoms with E-state index < -0.39 is 6.10 Å². The third-order valence-corrected chi connectivity index (χ3v) is 6.54. The zero-order chi connectivity index (χ0) is 21.1. The van der Waals surface area contributed by atoms with E-state index >= 15 is 0 Å². The van der Waals surface area contributed by atoms with Crippen LogP contribution < -0.4 is 15.0 Å². The second-order valence-electron chi connectivity index (χ2n) is 7.76. The number of carbonyl (C=O) groups excluding carboxylic acids is 2. The zero-order valence-electron chi connectivity index (χ0n) is 17.5. The number of anilines is 2. The number of aryl methyl sites for hydroxylation is 2. The Morgan fingerprint density at radius 1 is 1.23 bits per heavy atom. The van der Waals surface area contributed by atoms with Crippen molar-refractivity contribution < 1.29 is 14.3 Å². The topological polar surface area (TPSA) is 74.8 Å². The number of thiazole rings is 1. The summed E-state index contributed by atoms with van der Waals surface area (Å²) >= 11 is 1.49. The van der Waals surface area contributed by atoms with Crippen molar-refractivity contribution in [3.63, 3.8) is 0 Å². The summed E-state index contributed by atoms with van der Waals surface area (Å²) in [7, 11) is 0. The third-order valence-electron chi connectivity index (χ3n) is 5.61. The van der Waals surface area contributed by atoms with Gasteiger partial charge in [0.05, 0.1) is 24.5 Å². The first-order valence-electron chi connectivity index (χ1n) is 10.6. The molecule has 8 heteroatoms. The Kier molecular flexibility index (Phi) is 6.22. The van der Waals surface area contributed by atoms with Gasteiger partial charge in [-0.25, -0.2) is 4.98 Å². The van der Waals surface area contributed by atoms with Crippen molar-refractivity contribution in [1.82, 2.24) is 9.88 Å². The summed E-state index contributed by atoms with van der Waals surface area (Å²) in [5.74, 6) is 0.510. The molecule has 1 saturated heterocycles. The van der Waals surface area contributed by atoms with Crippen molar-refractivity contribution in [2.45, 2.75) is 45.6 Å². The second-order valence-corrected chi connectivity index (χ2v) is 8.97.